The van der Waals surface area contributed by atoms with Gasteiger partial charge in [-0.15, -0.1) is 11.3 Å². The van der Waals surface area contributed by atoms with Crippen LogP contribution in [0.5, 0.6) is 0 Å². The average molecular weight is 421 g/mol. The summed E-state index contributed by atoms with van der Waals surface area (Å²) in [5.74, 6) is -0.800. The summed E-state index contributed by atoms with van der Waals surface area (Å²) in [6, 6.07) is 6.94. The molecule has 0 saturated heterocycles. The first-order chi connectivity index (χ1) is 14.4. The minimum atomic E-state index is -0.366. The third-order valence-electron chi connectivity index (χ3n) is 4.57. The molecule has 152 valence electrons. The second-order valence-corrected chi connectivity index (χ2v) is 7.93. The molecular weight excluding hydrogens is 402 g/mol. The molecule has 1 aliphatic heterocycles. The normalized spacial score (nSPS) is 15.4. The molecule has 30 heavy (non-hydrogen) atoms. The summed E-state index contributed by atoms with van der Waals surface area (Å²) in [6.45, 7) is 5.94. The molecule has 0 aliphatic carbocycles. The van der Waals surface area contributed by atoms with Crippen LogP contribution in [0.4, 0.5) is 17.1 Å². The van der Waals surface area contributed by atoms with E-state index in [4.69, 9.17) is 0 Å². The highest BCUT2D eigenvalue weighted by Gasteiger charge is 2.24. The van der Waals surface area contributed by atoms with Gasteiger partial charge in [0.1, 0.15) is 4.88 Å². The molecule has 2 aromatic heterocycles. The van der Waals surface area contributed by atoms with Gasteiger partial charge in [0.25, 0.3) is 11.8 Å². The van der Waals surface area contributed by atoms with Gasteiger partial charge in [-0.25, -0.2) is 0 Å². The lowest BCUT2D eigenvalue weighted by atomic mass is 10.1. The van der Waals surface area contributed by atoms with E-state index >= 15 is 0 Å². The van der Waals surface area contributed by atoms with Crippen molar-refractivity contribution in [3.8, 4) is 0 Å². The SMILES string of the molecule is C=CC(=O)Nc1cncc(NC(=O)c2ccc3sc4c(c3c2)NC[C@@H](C)NC4=O)c1. The summed E-state index contributed by atoms with van der Waals surface area (Å²) in [7, 11) is 0. The molecule has 4 N–H and O–H groups in total. The Bertz CT molecular complexity index is 1190. The number of carbonyl (C=O) groups is 3. The fraction of sp³-hybridized carbons (Fsp3) is 0.143. The van der Waals surface area contributed by atoms with Crippen LogP contribution in [0, 0.1) is 0 Å². The van der Waals surface area contributed by atoms with E-state index in [1.807, 2.05) is 13.0 Å². The quantitative estimate of drug-likeness (QED) is 0.483. The average Bonchev–Trinajstić information content (AvgIpc) is 3.03. The van der Waals surface area contributed by atoms with Crippen molar-refractivity contribution in [2.75, 3.05) is 22.5 Å². The molecule has 3 heterocycles. The highest BCUT2D eigenvalue weighted by Crippen LogP contribution is 2.37. The van der Waals surface area contributed by atoms with E-state index in [9.17, 15) is 14.4 Å². The highest BCUT2D eigenvalue weighted by molar-refractivity contribution is 7.21. The number of aromatic nitrogens is 1. The molecule has 9 heteroatoms. The number of pyridine rings is 1. The number of thiophene rings is 1. The van der Waals surface area contributed by atoms with Gasteiger partial charge < -0.3 is 21.3 Å². The van der Waals surface area contributed by atoms with E-state index in [0.29, 0.717) is 28.4 Å². The van der Waals surface area contributed by atoms with E-state index < -0.39 is 0 Å². The van der Waals surface area contributed by atoms with Gasteiger partial charge in [-0.05, 0) is 37.3 Å². The number of rotatable bonds is 4. The van der Waals surface area contributed by atoms with Crippen LogP contribution in [0.3, 0.4) is 0 Å². The monoisotopic (exact) mass is 421 g/mol. The van der Waals surface area contributed by atoms with Crippen LogP contribution < -0.4 is 21.3 Å². The molecule has 1 aromatic carbocycles. The summed E-state index contributed by atoms with van der Waals surface area (Å²) >= 11 is 1.39. The summed E-state index contributed by atoms with van der Waals surface area (Å²) in [6.07, 6.45) is 4.12. The Morgan fingerprint density at radius 1 is 1.23 bits per heavy atom. The number of hydrogen-bond acceptors (Lipinski definition) is 6. The number of benzene rings is 1. The van der Waals surface area contributed by atoms with E-state index in [1.54, 1.807) is 18.2 Å². The third kappa shape index (κ3) is 3.87. The van der Waals surface area contributed by atoms with E-state index in [1.165, 1.54) is 23.7 Å². The van der Waals surface area contributed by atoms with Crippen LogP contribution in [0.2, 0.25) is 0 Å². The molecule has 0 unspecified atom stereocenters. The molecule has 0 fully saturated rings. The topological polar surface area (TPSA) is 112 Å². The van der Waals surface area contributed by atoms with Gasteiger partial charge in [0.2, 0.25) is 5.91 Å². The molecule has 0 saturated carbocycles. The Morgan fingerprint density at radius 2 is 2.00 bits per heavy atom. The molecule has 4 rings (SSSR count). The van der Waals surface area contributed by atoms with Crippen LogP contribution in [0.25, 0.3) is 10.1 Å². The van der Waals surface area contributed by atoms with Crippen molar-refractivity contribution < 1.29 is 14.4 Å². The number of nitrogens with one attached hydrogen (secondary N) is 4. The van der Waals surface area contributed by atoms with Crippen LogP contribution >= 0.6 is 11.3 Å². The van der Waals surface area contributed by atoms with Gasteiger partial charge in [-0.2, -0.15) is 0 Å². The third-order valence-corrected chi connectivity index (χ3v) is 5.74. The van der Waals surface area contributed by atoms with Crippen molar-refractivity contribution in [2.24, 2.45) is 0 Å². The maximum atomic E-state index is 12.8. The molecular formula is C21H19N5O3S. The molecule has 8 nitrogen and oxygen atoms in total. The number of anilines is 3. The lowest BCUT2D eigenvalue weighted by molar-refractivity contribution is -0.111. The standard InChI is InChI=1S/C21H19N5O3S/c1-3-17(27)25-13-7-14(10-22-9-13)26-20(28)12-4-5-16-15(6-12)18-19(30-16)21(29)24-11(2)8-23-18/h3-7,9-11,23H,1,8H2,2H3,(H,24,29)(H,25,27)(H,26,28)/t11-/m1/s1. The van der Waals surface area contributed by atoms with Crippen LogP contribution in [0.1, 0.15) is 27.0 Å². The Kier molecular flexibility index (Phi) is 5.20. The fourth-order valence-electron chi connectivity index (χ4n) is 3.14. The van der Waals surface area contributed by atoms with Gasteiger partial charge in [-0.3, -0.25) is 19.4 Å². The van der Waals surface area contributed by atoms with Gasteiger partial charge >= 0.3 is 0 Å². The zero-order valence-electron chi connectivity index (χ0n) is 16.1. The number of hydrogen-bond donors (Lipinski definition) is 4. The molecule has 3 aromatic rings. The highest BCUT2D eigenvalue weighted by atomic mass is 32.1. The van der Waals surface area contributed by atoms with Crippen LogP contribution in [-0.4, -0.2) is 35.3 Å². The van der Waals surface area contributed by atoms with Crippen molar-refractivity contribution in [2.45, 2.75) is 13.0 Å². The van der Waals surface area contributed by atoms with Gasteiger partial charge in [0.05, 0.1) is 29.5 Å². The first kappa shape index (κ1) is 19.6. The number of fused-ring (bicyclic) bond motifs is 3. The Hall–Kier alpha value is -3.72. The minimum absolute atomic E-state index is 0.0139. The van der Waals surface area contributed by atoms with Crippen molar-refractivity contribution in [3.63, 3.8) is 0 Å². The van der Waals surface area contributed by atoms with Crippen LogP contribution in [-0.2, 0) is 4.79 Å². The first-order valence-electron chi connectivity index (χ1n) is 9.25. The van der Waals surface area contributed by atoms with Crippen molar-refractivity contribution >= 4 is 56.2 Å². The Balaban J connectivity index is 1.60. The molecule has 0 spiro atoms. The first-order valence-corrected chi connectivity index (χ1v) is 10.1. The van der Waals surface area contributed by atoms with E-state index in [-0.39, 0.29) is 23.8 Å². The molecule has 0 radical (unpaired) electrons. The summed E-state index contributed by atoms with van der Waals surface area (Å²) in [4.78, 5) is 41.3. The molecule has 3 amide bonds. The lowest BCUT2D eigenvalue weighted by Gasteiger charge is -2.10. The van der Waals surface area contributed by atoms with Gasteiger partial charge in [0, 0.05) is 28.2 Å². The maximum Gasteiger partial charge on any atom is 0.263 e. The van der Waals surface area contributed by atoms with E-state index in [2.05, 4.69) is 32.8 Å². The second-order valence-electron chi connectivity index (χ2n) is 6.88. The second kappa shape index (κ2) is 7.96. The summed E-state index contributed by atoms with van der Waals surface area (Å²) in [5, 5.41) is 12.5. The van der Waals surface area contributed by atoms with Crippen molar-refractivity contribution in [1.82, 2.24) is 10.3 Å². The smallest absolute Gasteiger partial charge is 0.263 e. The minimum Gasteiger partial charge on any atom is -0.381 e. The Morgan fingerprint density at radius 3 is 2.77 bits per heavy atom. The predicted molar refractivity (Wildman–Crippen MR) is 118 cm³/mol. The lowest BCUT2D eigenvalue weighted by Crippen LogP contribution is -2.34. The van der Waals surface area contributed by atoms with E-state index in [0.717, 1.165) is 21.8 Å². The summed E-state index contributed by atoms with van der Waals surface area (Å²) in [5.41, 5.74) is 2.09. The van der Waals surface area contributed by atoms with Crippen molar-refractivity contribution in [3.05, 3.63) is 59.8 Å². The number of amides is 3. The van der Waals surface area contributed by atoms with Gasteiger partial charge in [-0.1, -0.05) is 6.58 Å². The zero-order valence-corrected chi connectivity index (χ0v) is 16.9. The van der Waals surface area contributed by atoms with Gasteiger partial charge in [0.15, 0.2) is 0 Å². The maximum absolute atomic E-state index is 12.8. The van der Waals surface area contributed by atoms with Crippen LogP contribution in [0.15, 0.2) is 49.3 Å². The summed E-state index contributed by atoms with van der Waals surface area (Å²) < 4.78 is 0.921. The predicted octanol–water partition coefficient (Wildman–Crippen LogP) is 3.22. The number of nitrogens with zero attached hydrogens (tertiary/aromatic N) is 1. The fourth-order valence-corrected chi connectivity index (χ4v) is 4.21. The zero-order chi connectivity index (χ0) is 21.3. The molecule has 1 aliphatic rings. The number of carbonyl (C=O) groups excluding carboxylic acids is 3. The molecule has 1 atom stereocenters. The Labute approximate surface area is 176 Å². The van der Waals surface area contributed by atoms with Crippen molar-refractivity contribution in [1.29, 1.82) is 0 Å². The molecule has 0 bridgehead atoms. The largest absolute Gasteiger partial charge is 0.381 e.